The van der Waals surface area contributed by atoms with Gasteiger partial charge >= 0.3 is 5.97 Å². The number of rotatable bonds is 3. The number of aromatic nitrogens is 1. The molecule has 1 rings (SSSR count). The Morgan fingerprint density at radius 2 is 2.23 bits per heavy atom. The van der Waals surface area contributed by atoms with Crippen LogP contribution in [0.3, 0.4) is 0 Å². The molecule has 0 aliphatic heterocycles. The second kappa shape index (κ2) is 4.57. The molecule has 0 unspecified atom stereocenters. The summed E-state index contributed by atoms with van der Waals surface area (Å²) in [6.07, 6.45) is 2.29. The van der Waals surface area contributed by atoms with Crippen LogP contribution < -0.4 is 0 Å². The van der Waals surface area contributed by atoms with Crippen molar-refractivity contribution in [3.63, 3.8) is 0 Å². The zero-order chi connectivity index (χ0) is 9.68. The highest BCUT2D eigenvalue weighted by Crippen LogP contribution is 2.15. The fraction of sp³-hybridized carbons (Fsp3) is 0.333. The quantitative estimate of drug-likeness (QED) is 0.696. The van der Waals surface area contributed by atoms with Gasteiger partial charge in [0, 0.05) is 12.4 Å². The summed E-state index contributed by atoms with van der Waals surface area (Å²) in [6, 6.07) is 3.32. The van der Waals surface area contributed by atoms with Crippen LogP contribution >= 0.6 is 0 Å². The van der Waals surface area contributed by atoms with Crippen LogP contribution in [0.2, 0.25) is 0 Å². The van der Waals surface area contributed by atoms with Gasteiger partial charge in [-0.05, 0) is 17.7 Å². The zero-order valence-corrected chi connectivity index (χ0v) is 7.30. The highest BCUT2D eigenvalue weighted by molar-refractivity contribution is 5.70. The lowest BCUT2D eigenvalue weighted by Gasteiger charge is -2.08. The van der Waals surface area contributed by atoms with Crippen molar-refractivity contribution >= 4 is 5.97 Å². The average Bonchev–Trinajstić information content (AvgIpc) is 2.19. The van der Waals surface area contributed by atoms with Gasteiger partial charge in [-0.2, -0.15) is 0 Å². The first kappa shape index (κ1) is 9.67. The lowest BCUT2D eigenvalue weighted by molar-refractivity contribution is -0.142. The lowest BCUT2D eigenvalue weighted by atomic mass is 10.1. The van der Waals surface area contributed by atoms with E-state index in [0.717, 1.165) is 0 Å². The molecule has 70 valence electrons. The van der Waals surface area contributed by atoms with E-state index in [2.05, 4.69) is 9.72 Å². The maximum atomic E-state index is 10.8. The molecule has 0 saturated heterocycles. The molecule has 0 aliphatic carbocycles. The number of carbonyl (C=O) groups excluding carboxylic acids is 1. The maximum Gasteiger partial charge on any atom is 0.308 e. The Bertz CT molecular complexity index is 273. The zero-order valence-electron chi connectivity index (χ0n) is 7.30. The molecule has 0 amide bonds. The highest BCUT2D eigenvalue weighted by Gasteiger charge is 2.12. The third-order valence-corrected chi connectivity index (χ3v) is 1.68. The van der Waals surface area contributed by atoms with E-state index < -0.39 is 12.1 Å². The van der Waals surface area contributed by atoms with Crippen LogP contribution in [0.4, 0.5) is 0 Å². The summed E-state index contributed by atoms with van der Waals surface area (Å²) in [5.74, 6) is -0.427. The summed E-state index contributed by atoms with van der Waals surface area (Å²) in [4.78, 5) is 14.6. The Morgan fingerprint density at radius 3 is 2.77 bits per heavy atom. The molecule has 0 saturated carbocycles. The number of hydrogen-bond donors (Lipinski definition) is 1. The van der Waals surface area contributed by atoms with Crippen molar-refractivity contribution in [3.8, 4) is 0 Å². The third-order valence-electron chi connectivity index (χ3n) is 1.68. The van der Waals surface area contributed by atoms with Crippen LogP contribution in [-0.4, -0.2) is 23.2 Å². The number of hydrogen-bond acceptors (Lipinski definition) is 4. The number of nitrogens with zero attached hydrogens (tertiary/aromatic N) is 1. The highest BCUT2D eigenvalue weighted by atomic mass is 16.5. The average molecular weight is 181 g/mol. The van der Waals surface area contributed by atoms with Crippen molar-refractivity contribution in [2.75, 3.05) is 7.11 Å². The van der Waals surface area contributed by atoms with Gasteiger partial charge in [0.1, 0.15) is 0 Å². The van der Waals surface area contributed by atoms with Crippen LogP contribution in [0.1, 0.15) is 18.1 Å². The normalized spacial score (nSPS) is 12.2. The van der Waals surface area contributed by atoms with Crippen molar-refractivity contribution in [1.29, 1.82) is 0 Å². The van der Waals surface area contributed by atoms with Crippen molar-refractivity contribution in [2.45, 2.75) is 12.5 Å². The second-order valence-electron chi connectivity index (χ2n) is 2.58. The van der Waals surface area contributed by atoms with Crippen molar-refractivity contribution < 1.29 is 14.6 Å². The number of esters is 1. The molecule has 0 spiro atoms. The minimum Gasteiger partial charge on any atom is -0.469 e. The smallest absolute Gasteiger partial charge is 0.308 e. The molecule has 1 N–H and O–H groups in total. The van der Waals surface area contributed by atoms with Crippen molar-refractivity contribution in [2.24, 2.45) is 0 Å². The van der Waals surface area contributed by atoms with Gasteiger partial charge in [0.15, 0.2) is 0 Å². The van der Waals surface area contributed by atoms with Crippen LogP contribution in [-0.2, 0) is 9.53 Å². The van der Waals surface area contributed by atoms with Gasteiger partial charge in [-0.15, -0.1) is 0 Å². The van der Waals surface area contributed by atoms with E-state index >= 15 is 0 Å². The molecule has 4 heteroatoms. The van der Waals surface area contributed by atoms with E-state index in [-0.39, 0.29) is 6.42 Å². The van der Waals surface area contributed by atoms with Gasteiger partial charge in [-0.3, -0.25) is 9.78 Å². The molecule has 0 aliphatic rings. The number of pyridine rings is 1. The van der Waals surface area contributed by atoms with Crippen LogP contribution in [0.15, 0.2) is 24.5 Å². The van der Waals surface area contributed by atoms with Crippen molar-refractivity contribution in [1.82, 2.24) is 4.98 Å². The fourth-order valence-electron chi connectivity index (χ4n) is 0.945. The minimum absolute atomic E-state index is 0.0273. The summed E-state index contributed by atoms with van der Waals surface area (Å²) < 4.78 is 4.43. The molecule has 1 aromatic heterocycles. The first-order chi connectivity index (χ1) is 6.24. The molecular weight excluding hydrogens is 170 g/mol. The first-order valence-electron chi connectivity index (χ1n) is 3.89. The monoisotopic (exact) mass is 181 g/mol. The maximum absolute atomic E-state index is 10.8. The summed E-state index contributed by atoms with van der Waals surface area (Å²) in [5.41, 5.74) is 0.667. The Hall–Kier alpha value is -1.42. The van der Waals surface area contributed by atoms with Gasteiger partial charge in [0.05, 0.1) is 19.6 Å². The predicted molar refractivity (Wildman–Crippen MR) is 45.8 cm³/mol. The second-order valence-corrected chi connectivity index (χ2v) is 2.58. The Kier molecular flexibility index (Phi) is 3.40. The van der Waals surface area contributed by atoms with Gasteiger partial charge in [0.25, 0.3) is 0 Å². The number of aliphatic hydroxyl groups excluding tert-OH is 1. The van der Waals surface area contributed by atoms with E-state index in [1.165, 1.54) is 7.11 Å². The molecule has 0 fully saturated rings. The molecule has 1 aromatic rings. The molecule has 0 bridgehead atoms. The molecule has 13 heavy (non-hydrogen) atoms. The van der Waals surface area contributed by atoms with Gasteiger partial charge in [0.2, 0.25) is 0 Å². The number of methoxy groups -OCH3 is 1. The van der Waals surface area contributed by atoms with E-state index in [1.54, 1.807) is 24.5 Å². The summed E-state index contributed by atoms with van der Waals surface area (Å²) >= 11 is 0. The van der Waals surface area contributed by atoms with Crippen LogP contribution in [0.5, 0.6) is 0 Å². The SMILES string of the molecule is COC(=O)C[C@@H](O)c1ccncc1. The lowest BCUT2D eigenvalue weighted by Crippen LogP contribution is -2.07. The molecule has 1 heterocycles. The number of aliphatic hydroxyl groups is 1. The van der Waals surface area contributed by atoms with Crippen molar-refractivity contribution in [3.05, 3.63) is 30.1 Å². The standard InChI is InChI=1S/C9H11NO3/c1-13-9(12)6-8(11)7-2-4-10-5-3-7/h2-5,8,11H,6H2,1H3/t8-/m1/s1. The Balaban J connectivity index is 2.59. The number of carbonyl (C=O) groups is 1. The van der Waals surface area contributed by atoms with Gasteiger partial charge in [-0.25, -0.2) is 0 Å². The largest absolute Gasteiger partial charge is 0.469 e. The van der Waals surface area contributed by atoms with Crippen LogP contribution in [0, 0.1) is 0 Å². The summed E-state index contributed by atoms with van der Waals surface area (Å²) in [5, 5.41) is 9.49. The van der Waals surface area contributed by atoms with Gasteiger partial charge < -0.3 is 9.84 Å². The van der Waals surface area contributed by atoms with Gasteiger partial charge in [-0.1, -0.05) is 0 Å². The third kappa shape index (κ3) is 2.83. The molecule has 0 aromatic carbocycles. The van der Waals surface area contributed by atoms with Crippen LogP contribution in [0.25, 0.3) is 0 Å². The summed E-state index contributed by atoms with van der Waals surface area (Å²) in [6.45, 7) is 0. The topological polar surface area (TPSA) is 59.4 Å². The molecular formula is C9H11NO3. The molecule has 0 radical (unpaired) electrons. The first-order valence-corrected chi connectivity index (χ1v) is 3.89. The molecule has 1 atom stereocenters. The molecule has 4 nitrogen and oxygen atoms in total. The Labute approximate surface area is 76.2 Å². The minimum atomic E-state index is -0.810. The van der Waals surface area contributed by atoms with E-state index in [4.69, 9.17) is 0 Å². The van der Waals surface area contributed by atoms with E-state index in [1.807, 2.05) is 0 Å². The number of ether oxygens (including phenoxy) is 1. The summed E-state index contributed by atoms with van der Waals surface area (Å²) in [7, 11) is 1.29. The van der Waals surface area contributed by atoms with E-state index in [0.29, 0.717) is 5.56 Å². The fourth-order valence-corrected chi connectivity index (χ4v) is 0.945. The van der Waals surface area contributed by atoms with E-state index in [9.17, 15) is 9.90 Å². The Morgan fingerprint density at radius 1 is 1.62 bits per heavy atom. The predicted octanol–water partition coefficient (Wildman–Crippen LogP) is 0.678.